The van der Waals surface area contributed by atoms with Gasteiger partial charge in [0.1, 0.15) is 17.3 Å². The van der Waals surface area contributed by atoms with Crippen molar-refractivity contribution in [2.45, 2.75) is 30.9 Å². The van der Waals surface area contributed by atoms with Crippen LogP contribution in [-0.4, -0.2) is 24.9 Å². The van der Waals surface area contributed by atoms with Gasteiger partial charge in [0, 0.05) is 5.56 Å². The van der Waals surface area contributed by atoms with Crippen LogP contribution in [0.5, 0.6) is 5.75 Å². The number of alkyl halides is 3. The van der Waals surface area contributed by atoms with Crippen molar-refractivity contribution in [2.24, 2.45) is 0 Å². The smallest absolute Gasteiger partial charge is 0.455 e. The van der Waals surface area contributed by atoms with Gasteiger partial charge in [-0.15, -0.1) is 13.2 Å². The van der Waals surface area contributed by atoms with Crippen molar-refractivity contribution in [3.63, 3.8) is 0 Å². The fourth-order valence-corrected chi connectivity index (χ4v) is 4.32. The highest BCUT2D eigenvalue weighted by atomic mass is 32.2. The van der Waals surface area contributed by atoms with Crippen LogP contribution in [0.3, 0.4) is 0 Å². The number of hydrogen-bond acceptors (Lipinski definition) is 7. The number of aromatic nitrogens is 2. The predicted molar refractivity (Wildman–Crippen MR) is 111 cm³/mol. The molecule has 0 aliphatic carbocycles. The first kappa shape index (κ1) is 22.6. The quantitative estimate of drug-likeness (QED) is 0.362. The molecule has 172 valence electrons. The van der Waals surface area contributed by atoms with Crippen LogP contribution in [0.25, 0.3) is 23.0 Å². The minimum atomic E-state index is -4.79. The van der Waals surface area contributed by atoms with Crippen molar-refractivity contribution in [1.82, 2.24) is 10.1 Å². The van der Waals surface area contributed by atoms with Gasteiger partial charge in [-0.1, -0.05) is 11.2 Å². The van der Waals surface area contributed by atoms with Crippen molar-refractivity contribution < 1.29 is 35.3 Å². The van der Waals surface area contributed by atoms with Crippen molar-refractivity contribution in [3.05, 3.63) is 71.5 Å². The minimum Gasteiger partial charge on any atom is -0.455 e. The predicted octanol–water partition coefficient (Wildman–Crippen LogP) is 5.49. The third-order valence-electron chi connectivity index (χ3n) is 4.81. The van der Waals surface area contributed by atoms with Gasteiger partial charge in [-0.05, 0) is 73.5 Å². The Labute approximate surface area is 186 Å². The summed E-state index contributed by atoms with van der Waals surface area (Å²) in [5, 5.41) is 3.79. The number of ether oxygens (including phenoxy) is 1. The number of nitrogens with zero attached hydrogens (tertiary/aromatic N) is 2. The van der Waals surface area contributed by atoms with E-state index in [4.69, 9.17) is 8.94 Å². The van der Waals surface area contributed by atoms with Gasteiger partial charge in [0.05, 0.1) is 4.90 Å². The van der Waals surface area contributed by atoms with E-state index >= 15 is 0 Å². The van der Waals surface area contributed by atoms with Crippen LogP contribution in [0.15, 0.2) is 68.4 Å². The fourth-order valence-electron chi connectivity index (χ4n) is 2.99. The van der Waals surface area contributed by atoms with E-state index in [-0.39, 0.29) is 39.6 Å². The van der Waals surface area contributed by atoms with E-state index in [1.165, 1.54) is 24.3 Å². The monoisotopic (exact) mass is 478 g/mol. The maximum Gasteiger partial charge on any atom is 0.573 e. The van der Waals surface area contributed by atoms with Crippen molar-refractivity contribution in [1.29, 1.82) is 0 Å². The van der Waals surface area contributed by atoms with E-state index in [0.29, 0.717) is 5.56 Å². The molecule has 2 aromatic heterocycles. The van der Waals surface area contributed by atoms with Crippen LogP contribution in [0.1, 0.15) is 16.9 Å². The average molecular weight is 478 g/mol. The average Bonchev–Trinajstić information content (AvgIpc) is 3.39. The molecular weight excluding hydrogens is 461 g/mol. The second-order valence-electron chi connectivity index (χ2n) is 7.27. The molecule has 0 aliphatic heterocycles. The Bertz CT molecular complexity index is 1390. The molecule has 2 heterocycles. The summed E-state index contributed by atoms with van der Waals surface area (Å²) < 4.78 is 76.9. The zero-order chi connectivity index (χ0) is 23.8. The molecule has 0 N–H and O–H groups in total. The van der Waals surface area contributed by atoms with E-state index in [0.717, 1.165) is 23.3 Å². The molecular formula is C22H17F3N2O5S. The molecule has 33 heavy (non-hydrogen) atoms. The lowest BCUT2D eigenvalue weighted by Gasteiger charge is -2.08. The van der Waals surface area contributed by atoms with E-state index in [1.807, 2.05) is 13.8 Å². The van der Waals surface area contributed by atoms with Gasteiger partial charge in [-0.2, -0.15) is 4.98 Å². The maximum absolute atomic E-state index is 12.7. The van der Waals surface area contributed by atoms with Gasteiger partial charge in [-0.3, -0.25) is 0 Å². The second-order valence-corrected chi connectivity index (χ2v) is 9.26. The Balaban J connectivity index is 1.50. The zero-order valence-electron chi connectivity index (χ0n) is 17.4. The molecule has 0 fully saturated rings. The van der Waals surface area contributed by atoms with Crippen molar-refractivity contribution in [3.8, 4) is 28.8 Å². The number of halogens is 3. The minimum absolute atomic E-state index is 0.00422. The number of benzene rings is 2. The van der Waals surface area contributed by atoms with Gasteiger partial charge in [-0.25, -0.2) is 8.42 Å². The first-order valence-corrected chi connectivity index (χ1v) is 11.2. The van der Waals surface area contributed by atoms with E-state index < -0.39 is 16.2 Å². The van der Waals surface area contributed by atoms with Gasteiger partial charge < -0.3 is 13.7 Å². The first-order chi connectivity index (χ1) is 15.5. The molecule has 7 nitrogen and oxygen atoms in total. The number of aryl methyl sites for hydroxylation is 2. The Morgan fingerprint density at radius 1 is 0.970 bits per heavy atom. The number of furan rings is 1. The second kappa shape index (κ2) is 8.39. The molecule has 4 rings (SSSR count). The Morgan fingerprint density at radius 3 is 2.36 bits per heavy atom. The Hall–Kier alpha value is -3.60. The summed E-state index contributed by atoms with van der Waals surface area (Å²) in [4.78, 5) is 4.36. The lowest BCUT2D eigenvalue weighted by Crippen LogP contribution is -2.16. The SMILES string of the molecule is Cc1ccc(S(=O)(=O)Cc2ccc(-c3nc(-c4ccc(OC(F)(F)F)cc4)no3)o2)cc1C. The van der Waals surface area contributed by atoms with Crippen LogP contribution < -0.4 is 4.74 Å². The molecule has 0 amide bonds. The van der Waals surface area contributed by atoms with Crippen molar-refractivity contribution in [2.75, 3.05) is 0 Å². The van der Waals surface area contributed by atoms with E-state index in [1.54, 1.807) is 18.2 Å². The summed E-state index contributed by atoms with van der Waals surface area (Å²) in [5.74, 6) is -0.264. The highest BCUT2D eigenvalue weighted by molar-refractivity contribution is 7.90. The standard InChI is InChI=1S/C22H17F3N2O5S/c1-13-3-9-18(11-14(13)2)33(28,29)12-17-8-10-19(30-17)21-26-20(27-32-21)15-4-6-16(7-5-15)31-22(23,24)25/h3-11H,12H2,1-2H3. The topological polar surface area (TPSA) is 95.4 Å². The molecule has 0 bridgehead atoms. The number of sulfone groups is 1. The van der Waals surface area contributed by atoms with Gasteiger partial charge in [0.2, 0.25) is 5.82 Å². The molecule has 0 saturated heterocycles. The van der Waals surface area contributed by atoms with E-state index in [2.05, 4.69) is 14.9 Å². The molecule has 0 spiro atoms. The summed E-state index contributed by atoms with van der Waals surface area (Å²) in [6.07, 6.45) is -4.79. The highest BCUT2D eigenvalue weighted by Gasteiger charge is 2.31. The fraction of sp³-hybridized carbons (Fsp3) is 0.182. The maximum atomic E-state index is 12.7. The summed E-state index contributed by atoms with van der Waals surface area (Å²) >= 11 is 0. The van der Waals surface area contributed by atoms with Crippen LogP contribution in [0.2, 0.25) is 0 Å². The number of hydrogen-bond donors (Lipinski definition) is 0. The van der Waals surface area contributed by atoms with Gasteiger partial charge in [0.25, 0.3) is 5.89 Å². The molecule has 11 heteroatoms. The molecule has 0 atom stereocenters. The summed E-state index contributed by atoms with van der Waals surface area (Å²) in [6, 6.07) is 12.9. The Kier molecular flexibility index (Phi) is 5.75. The summed E-state index contributed by atoms with van der Waals surface area (Å²) in [7, 11) is -3.63. The van der Waals surface area contributed by atoms with E-state index in [9.17, 15) is 21.6 Å². The molecule has 0 unspecified atom stereocenters. The van der Waals surface area contributed by atoms with Gasteiger partial charge in [0.15, 0.2) is 15.6 Å². The molecule has 4 aromatic rings. The third kappa shape index (κ3) is 5.25. The lowest BCUT2D eigenvalue weighted by molar-refractivity contribution is -0.274. The molecule has 2 aromatic carbocycles. The Morgan fingerprint density at radius 2 is 1.70 bits per heavy atom. The third-order valence-corrected chi connectivity index (χ3v) is 6.45. The molecule has 0 aliphatic rings. The lowest BCUT2D eigenvalue weighted by atomic mass is 10.1. The molecule has 0 saturated carbocycles. The van der Waals surface area contributed by atoms with Crippen LogP contribution >= 0.6 is 0 Å². The van der Waals surface area contributed by atoms with Crippen LogP contribution in [0, 0.1) is 13.8 Å². The van der Waals surface area contributed by atoms with Gasteiger partial charge >= 0.3 is 6.36 Å². The normalized spacial score (nSPS) is 12.2. The zero-order valence-corrected chi connectivity index (χ0v) is 18.2. The van der Waals surface area contributed by atoms with Crippen LogP contribution in [0.4, 0.5) is 13.2 Å². The summed E-state index contributed by atoms with van der Waals surface area (Å²) in [5.41, 5.74) is 2.25. The highest BCUT2D eigenvalue weighted by Crippen LogP contribution is 2.28. The largest absolute Gasteiger partial charge is 0.573 e. The molecule has 0 radical (unpaired) electrons. The number of rotatable bonds is 6. The first-order valence-electron chi connectivity index (χ1n) is 9.59. The summed E-state index contributed by atoms with van der Waals surface area (Å²) in [6.45, 7) is 3.73. The van der Waals surface area contributed by atoms with Crippen LogP contribution in [-0.2, 0) is 15.6 Å². The van der Waals surface area contributed by atoms with Crippen molar-refractivity contribution >= 4 is 9.84 Å².